The zero-order valence-corrected chi connectivity index (χ0v) is 9.23. The van der Waals surface area contributed by atoms with Crippen LogP contribution in [0.1, 0.15) is 18.4 Å². The first-order valence-electron chi connectivity index (χ1n) is 5.38. The second-order valence-electron chi connectivity index (χ2n) is 4.18. The van der Waals surface area contributed by atoms with Crippen LogP contribution in [0.15, 0.2) is 12.4 Å². The van der Waals surface area contributed by atoms with E-state index in [4.69, 9.17) is 4.74 Å². The smallest absolute Gasteiger partial charge is 0.316 e. The van der Waals surface area contributed by atoms with E-state index in [-0.39, 0.29) is 0 Å². The van der Waals surface area contributed by atoms with Crippen molar-refractivity contribution < 1.29 is 4.74 Å². The van der Waals surface area contributed by atoms with Crippen LogP contribution in [-0.4, -0.2) is 29.7 Å². The molecule has 0 saturated heterocycles. The molecule has 1 N–H and O–H groups in total. The van der Waals surface area contributed by atoms with E-state index in [1.807, 2.05) is 14.0 Å². The highest BCUT2D eigenvalue weighted by Gasteiger charge is 2.30. The van der Waals surface area contributed by atoms with Crippen molar-refractivity contribution in [2.75, 3.05) is 13.6 Å². The minimum absolute atomic E-state index is 0.311. The number of aryl methyl sites for hydroxylation is 1. The molecule has 1 heterocycles. The Morgan fingerprint density at radius 2 is 2.07 bits per heavy atom. The SMILES string of the molecule is CNCC1CC(Oc2ncc(C)cn2)C1. The fourth-order valence-corrected chi connectivity index (χ4v) is 1.82. The molecule has 1 aromatic rings. The van der Waals surface area contributed by atoms with Gasteiger partial charge in [0.15, 0.2) is 0 Å². The van der Waals surface area contributed by atoms with E-state index in [1.165, 1.54) is 0 Å². The van der Waals surface area contributed by atoms with Gasteiger partial charge < -0.3 is 10.1 Å². The Hall–Kier alpha value is -1.16. The fourth-order valence-electron chi connectivity index (χ4n) is 1.82. The van der Waals surface area contributed by atoms with Gasteiger partial charge in [-0.3, -0.25) is 0 Å². The van der Waals surface area contributed by atoms with Crippen molar-refractivity contribution in [1.82, 2.24) is 15.3 Å². The van der Waals surface area contributed by atoms with Crippen LogP contribution in [0, 0.1) is 12.8 Å². The summed E-state index contributed by atoms with van der Waals surface area (Å²) >= 11 is 0. The van der Waals surface area contributed by atoms with Gasteiger partial charge in [-0.2, -0.15) is 0 Å². The zero-order chi connectivity index (χ0) is 10.7. The minimum atomic E-state index is 0.311. The van der Waals surface area contributed by atoms with Crippen molar-refractivity contribution in [2.45, 2.75) is 25.9 Å². The molecule has 0 amide bonds. The number of ether oxygens (including phenoxy) is 1. The maximum absolute atomic E-state index is 5.63. The van der Waals surface area contributed by atoms with Gasteiger partial charge in [0.2, 0.25) is 0 Å². The molecule has 1 saturated carbocycles. The van der Waals surface area contributed by atoms with Gasteiger partial charge in [0.1, 0.15) is 6.10 Å². The molecule has 1 fully saturated rings. The van der Waals surface area contributed by atoms with Gasteiger partial charge in [0.25, 0.3) is 0 Å². The highest BCUT2D eigenvalue weighted by atomic mass is 16.5. The molecule has 15 heavy (non-hydrogen) atoms. The van der Waals surface area contributed by atoms with Gasteiger partial charge in [-0.25, -0.2) is 9.97 Å². The summed E-state index contributed by atoms with van der Waals surface area (Å²) in [6.07, 6.45) is 6.10. The summed E-state index contributed by atoms with van der Waals surface area (Å²) in [4.78, 5) is 8.24. The molecule has 0 unspecified atom stereocenters. The first kappa shape index (κ1) is 10.4. The highest BCUT2D eigenvalue weighted by molar-refractivity contribution is 5.05. The summed E-state index contributed by atoms with van der Waals surface area (Å²) in [5.41, 5.74) is 1.06. The van der Waals surface area contributed by atoms with Crippen LogP contribution >= 0.6 is 0 Å². The molecule has 0 aromatic carbocycles. The van der Waals surface area contributed by atoms with E-state index in [0.717, 1.165) is 30.9 Å². The fraction of sp³-hybridized carbons (Fsp3) is 0.636. The van der Waals surface area contributed by atoms with Crippen LogP contribution in [0.4, 0.5) is 0 Å². The first-order chi connectivity index (χ1) is 7.28. The van der Waals surface area contributed by atoms with Gasteiger partial charge in [-0.1, -0.05) is 0 Å². The summed E-state index contributed by atoms with van der Waals surface area (Å²) in [5, 5.41) is 3.17. The monoisotopic (exact) mass is 207 g/mol. The molecule has 0 atom stereocenters. The molecule has 0 bridgehead atoms. The Morgan fingerprint density at radius 3 is 2.67 bits per heavy atom. The number of nitrogens with zero attached hydrogens (tertiary/aromatic N) is 2. The molecule has 4 nitrogen and oxygen atoms in total. The summed E-state index contributed by atoms with van der Waals surface area (Å²) in [6.45, 7) is 3.05. The predicted octanol–water partition coefficient (Wildman–Crippen LogP) is 1.16. The van der Waals surface area contributed by atoms with Crippen LogP contribution in [-0.2, 0) is 0 Å². The average molecular weight is 207 g/mol. The average Bonchev–Trinajstić information content (AvgIpc) is 2.18. The largest absolute Gasteiger partial charge is 0.460 e. The quantitative estimate of drug-likeness (QED) is 0.805. The van der Waals surface area contributed by atoms with Crippen molar-refractivity contribution >= 4 is 0 Å². The van der Waals surface area contributed by atoms with E-state index < -0.39 is 0 Å². The van der Waals surface area contributed by atoms with Gasteiger partial charge >= 0.3 is 6.01 Å². The third-order valence-corrected chi connectivity index (χ3v) is 2.71. The van der Waals surface area contributed by atoms with Gasteiger partial charge in [-0.15, -0.1) is 0 Å². The lowest BCUT2D eigenvalue weighted by molar-refractivity contribution is 0.0572. The standard InChI is InChI=1S/C11H17N3O/c1-8-5-13-11(14-6-8)15-10-3-9(4-10)7-12-2/h5-6,9-10,12H,3-4,7H2,1-2H3. The topological polar surface area (TPSA) is 47.0 Å². The Labute approximate surface area is 90.1 Å². The molecule has 1 aromatic heterocycles. The normalized spacial score (nSPS) is 24.7. The first-order valence-corrected chi connectivity index (χ1v) is 5.38. The molecule has 82 valence electrons. The summed E-state index contributed by atoms with van der Waals surface area (Å²) in [6, 6.07) is 0.508. The maximum Gasteiger partial charge on any atom is 0.316 e. The van der Waals surface area contributed by atoms with Crippen molar-refractivity contribution in [3.8, 4) is 6.01 Å². The number of nitrogens with one attached hydrogen (secondary N) is 1. The Bertz CT molecular complexity index is 306. The van der Waals surface area contributed by atoms with E-state index in [0.29, 0.717) is 12.1 Å². The molecule has 0 spiro atoms. The molecule has 1 aliphatic rings. The van der Waals surface area contributed by atoms with Crippen LogP contribution in [0.25, 0.3) is 0 Å². The second-order valence-corrected chi connectivity index (χ2v) is 4.18. The van der Waals surface area contributed by atoms with Gasteiger partial charge in [-0.05, 0) is 44.8 Å². The van der Waals surface area contributed by atoms with E-state index in [2.05, 4.69) is 15.3 Å². The van der Waals surface area contributed by atoms with Crippen LogP contribution in [0.2, 0.25) is 0 Å². The molecular formula is C11H17N3O. The van der Waals surface area contributed by atoms with E-state index >= 15 is 0 Å². The molecule has 0 aliphatic heterocycles. The third-order valence-electron chi connectivity index (χ3n) is 2.71. The van der Waals surface area contributed by atoms with Crippen molar-refractivity contribution in [1.29, 1.82) is 0 Å². The number of hydrogen-bond donors (Lipinski definition) is 1. The lowest BCUT2D eigenvalue weighted by Gasteiger charge is -2.34. The van der Waals surface area contributed by atoms with Gasteiger partial charge in [0.05, 0.1) is 0 Å². The molecule has 2 rings (SSSR count). The number of aromatic nitrogens is 2. The minimum Gasteiger partial charge on any atom is -0.460 e. The van der Waals surface area contributed by atoms with Crippen LogP contribution in [0.3, 0.4) is 0 Å². The van der Waals surface area contributed by atoms with E-state index in [1.54, 1.807) is 12.4 Å². The molecule has 0 radical (unpaired) electrons. The van der Waals surface area contributed by atoms with Crippen molar-refractivity contribution in [2.24, 2.45) is 5.92 Å². The maximum atomic E-state index is 5.63. The lowest BCUT2D eigenvalue weighted by Crippen LogP contribution is -2.38. The predicted molar refractivity (Wildman–Crippen MR) is 57.8 cm³/mol. The van der Waals surface area contributed by atoms with E-state index in [9.17, 15) is 0 Å². The summed E-state index contributed by atoms with van der Waals surface area (Å²) in [5.74, 6) is 0.755. The molecule has 1 aliphatic carbocycles. The third kappa shape index (κ3) is 2.65. The van der Waals surface area contributed by atoms with Gasteiger partial charge in [0, 0.05) is 12.4 Å². The number of hydrogen-bond acceptors (Lipinski definition) is 4. The number of rotatable bonds is 4. The van der Waals surface area contributed by atoms with Crippen LogP contribution < -0.4 is 10.1 Å². The molecule has 4 heteroatoms. The Morgan fingerprint density at radius 1 is 1.40 bits per heavy atom. The van der Waals surface area contributed by atoms with Crippen molar-refractivity contribution in [3.05, 3.63) is 18.0 Å². The van der Waals surface area contributed by atoms with Crippen molar-refractivity contribution in [3.63, 3.8) is 0 Å². The Kier molecular flexibility index (Phi) is 3.16. The second kappa shape index (κ2) is 4.57. The summed E-state index contributed by atoms with van der Waals surface area (Å²) in [7, 11) is 1.98. The Balaban J connectivity index is 1.77. The summed E-state index contributed by atoms with van der Waals surface area (Å²) < 4.78 is 5.63. The van der Waals surface area contributed by atoms with Crippen LogP contribution in [0.5, 0.6) is 6.01 Å². The molecular weight excluding hydrogens is 190 g/mol. The lowest BCUT2D eigenvalue weighted by atomic mass is 9.82. The zero-order valence-electron chi connectivity index (χ0n) is 9.23. The highest BCUT2D eigenvalue weighted by Crippen LogP contribution is 2.29.